The van der Waals surface area contributed by atoms with Crippen molar-refractivity contribution >= 4 is 23.5 Å². The lowest BCUT2D eigenvalue weighted by molar-refractivity contribution is 0.465. The highest BCUT2D eigenvalue weighted by Crippen LogP contribution is 2.41. The molecule has 94 valence electrons. The summed E-state index contributed by atoms with van der Waals surface area (Å²) in [5.74, 6) is 1.87. The lowest BCUT2D eigenvalue weighted by atomic mass is 9.93. The minimum Gasteiger partial charge on any atom is -0.312 e. The topological polar surface area (TPSA) is 12.0 Å². The number of thioether (sulfide) groups is 2. The smallest absolute Gasteiger partial charge is 0.0444 e. The van der Waals surface area contributed by atoms with Crippen molar-refractivity contribution in [3.8, 4) is 0 Å². The van der Waals surface area contributed by atoms with E-state index >= 15 is 0 Å². The molecule has 1 nitrogen and oxygen atoms in total. The molecular weight excluding hydrogens is 246 g/mol. The molecule has 0 saturated heterocycles. The van der Waals surface area contributed by atoms with Crippen molar-refractivity contribution in [1.29, 1.82) is 0 Å². The zero-order valence-electron chi connectivity index (χ0n) is 11.0. The summed E-state index contributed by atoms with van der Waals surface area (Å²) in [5.41, 5.74) is 3.01. The first kappa shape index (κ1) is 13.3. The second kappa shape index (κ2) is 5.68. The van der Waals surface area contributed by atoms with Gasteiger partial charge in [0.05, 0.1) is 0 Å². The predicted octanol–water partition coefficient (Wildman–Crippen LogP) is 3.94. The summed E-state index contributed by atoms with van der Waals surface area (Å²) < 4.78 is 0. The summed E-state index contributed by atoms with van der Waals surface area (Å²) in [5, 5.41) is 4.20. The molecule has 2 unspecified atom stereocenters. The molecule has 1 aliphatic heterocycles. The number of fused-ring (bicyclic) bond motifs is 1. The van der Waals surface area contributed by atoms with Gasteiger partial charge in [0.25, 0.3) is 0 Å². The average Bonchev–Trinajstić information content (AvgIpc) is 2.36. The van der Waals surface area contributed by atoms with E-state index in [4.69, 9.17) is 0 Å². The molecule has 2 rings (SSSR count). The third kappa shape index (κ3) is 2.67. The summed E-state index contributed by atoms with van der Waals surface area (Å²) in [6.07, 6.45) is 2.15. The van der Waals surface area contributed by atoms with Crippen LogP contribution in [0.1, 0.15) is 31.0 Å². The van der Waals surface area contributed by atoms with Gasteiger partial charge >= 0.3 is 0 Å². The van der Waals surface area contributed by atoms with E-state index in [0.29, 0.717) is 17.2 Å². The molecule has 1 aliphatic rings. The number of rotatable bonds is 3. The largest absolute Gasteiger partial charge is 0.312 e. The van der Waals surface area contributed by atoms with E-state index in [9.17, 15) is 0 Å². The first-order valence-corrected chi connectivity index (χ1v) is 8.40. The lowest BCUT2D eigenvalue weighted by Crippen LogP contribution is -2.34. The van der Waals surface area contributed by atoms with Crippen LogP contribution in [0.3, 0.4) is 0 Å². The molecule has 0 radical (unpaired) electrons. The fraction of sp³-hybridized carbons (Fsp3) is 0.571. The van der Waals surface area contributed by atoms with Gasteiger partial charge in [0.15, 0.2) is 0 Å². The Hall–Kier alpha value is -0.120. The first-order valence-electron chi connectivity index (χ1n) is 6.13. The first-order chi connectivity index (χ1) is 8.17. The molecule has 1 aromatic rings. The van der Waals surface area contributed by atoms with E-state index in [1.807, 2.05) is 11.8 Å². The van der Waals surface area contributed by atoms with Crippen molar-refractivity contribution < 1.29 is 0 Å². The summed E-state index contributed by atoms with van der Waals surface area (Å²) in [7, 11) is 2.08. The highest BCUT2D eigenvalue weighted by molar-refractivity contribution is 7.99. The molecule has 0 bridgehead atoms. The van der Waals surface area contributed by atoms with Gasteiger partial charge in [-0.2, -0.15) is 11.8 Å². The van der Waals surface area contributed by atoms with Gasteiger partial charge < -0.3 is 5.32 Å². The van der Waals surface area contributed by atoms with Crippen LogP contribution in [0.4, 0.5) is 0 Å². The number of nitrogens with one attached hydrogen (secondary N) is 1. The van der Waals surface area contributed by atoms with Gasteiger partial charge in [-0.3, -0.25) is 0 Å². The molecule has 0 fully saturated rings. The van der Waals surface area contributed by atoms with Gasteiger partial charge in [0.1, 0.15) is 0 Å². The molecule has 0 aromatic heterocycles. The second-order valence-corrected chi connectivity index (χ2v) is 6.90. The Morgan fingerprint density at radius 1 is 1.41 bits per heavy atom. The lowest BCUT2D eigenvalue weighted by Gasteiger charge is -2.35. The van der Waals surface area contributed by atoms with E-state index in [1.54, 1.807) is 0 Å². The van der Waals surface area contributed by atoms with E-state index in [0.717, 1.165) is 5.75 Å². The minimum absolute atomic E-state index is 0.496. The summed E-state index contributed by atoms with van der Waals surface area (Å²) in [6, 6.07) is 7.41. The van der Waals surface area contributed by atoms with Gasteiger partial charge in [-0.05, 0) is 42.5 Å². The van der Waals surface area contributed by atoms with Crippen molar-refractivity contribution in [2.75, 3.05) is 13.3 Å². The molecule has 0 spiro atoms. The van der Waals surface area contributed by atoms with Crippen LogP contribution in [0, 0.1) is 5.92 Å². The van der Waals surface area contributed by atoms with Crippen LogP contribution in [-0.4, -0.2) is 18.6 Å². The maximum atomic E-state index is 3.51. The zero-order valence-corrected chi connectivity index (χ0v) is 12.6. The zero-order chi connectivity index (χ0) is 12.4. The van der Waals surface area contributed by atoms with Crippen LogP contribution in [0.25, 0.3) is 0 Å². The molecule has 1 heterocycles. The van der Waals surface area contributed by atoms with Gasteiger partial charge in [-0.25, -0.2) is 0 Å². The van der Waals surface area contributed by atoms with Crippen molar-refractivity contribution in [1.82, 2.24) is 5.32 Å². The quantitative estimate of drug-likeness (QED) is 0.833. The minimum atomic E-state index is 0.496. The number of benzene rings is 1. The maximum absolute atomic E-state index is 3.51. The second-order valence-electron chi connectivity index (χ2n) is 4.85. The van der Waals surface area contributed by atoms with E-state index in [-0.39, 0.29) is 0 Å². The van der Waals surface area contributed by atoms with Crippen LogP contribution in [0.5, 0.6) is 0 Å². The fourth-order valence-electron chi connectivity index (χ4n) is 2.48. The molecule has 17 heavy (non-hydrogen) atoms. The number of hydrogen-bond donors (Lipinski definition) is 1. The van der Waals surface area contributed by atoms with Gasteiger partial charge in [-0.15, -0.1) is 11.8 Å². The molecule has 1 aromatic carbocycles. The number of hydrogen-bond acceptors (Lipinski definition) is 3. The van der Waals surface area contributed by atoms with Crippen molar-refractivity contribution in [2.24, 2.45) is 5.92 Å². The summed E-state index contributed by atoms with van der Waals surface area (Å²) in [4.78, 5) is 1.37. The van der Waals surface area contributed by atoms with Crippen LogP contribution >= 0.6 is 23.5 Å². The Bertz CT molecular complexity index is 390. The Kier molecular flexibility index (Phi) is 4.45. The Labute approximate surface area is 113 Å². The van der Waals surface area contributed by atoms with E-state index in [1.165, 1.54) is 16.0 Å². The predicted molar refractivity (Wildman–Crippen MR) is 79.9 cm³/mol. The normalized spacial score (nSPS) is 23.8. The third-order valence-corrected chi connectivity index (χ3v) is 5.82. The Morgan fingerprint density at radius 2 is 2.18 bits per heavy atom. The van der Waals surface area contributed by atoms with Crippen molar-refractivity contribution in [3.05, 3.63) is 29.3 Å². The van der Waals surface area contributed by atoms with E-state index in [2.05, 4.69) is 62.4 Å². The van der Waals surface area contributed by atoms with Crippen LogP contribution in [-0.2, 0) is 5.75 Å². The molecule has 0 amide bonds. The van der Waals surface area contributed by atoms with Gasteiger partial charge in [-0.1, -0.05) is 19.9 Å². The van der Waals surface area contributed by atoms with Gasteiger partial charge in [0.2, 0.25) is 0 Å². The van der Waals surface area contributed by atoms with Crippen LogP contribution < -0.4 is 5.32 Å². The van der Waals surface area contributed by atoms with E-state index < -0.39 is 0 Å². The summed E-state index contributed by atoms with van der Waals surface area (Å²) in [6.45, 7) is 4.65. The molecular formula is C14H21NS2. The molecule has 0 saturated carbocycles. The van der Waals surface area contributed by atoms with Crippen molar-refractivity contribution in [2.45, 2.75) is 35.8 Å². The van der Waals surface area contributed by atoms with Gasteiger partial charge in [0, 0.05) is 21.9 Å². The monoisotopic (exact) mass is 267 g/mol. The molecule has 0 aliphatic carbocycles. The molecule has 2 atom stereocenters. The van der Waals surface area contributed by atoms with Crippen LogP contribution in [0.2, 0.25) is 0 Å². The maximum Gasteiger partial charge on any atom is 0.0444 e. The SMILES string of the molecule is CNC1c2cc(SC)ccc2CSC1C(C)C. The standard InChI is InChI=1S/C14H21NS2/c1-9(2)14-13(15-3)12-7-11(16-4)6-5-10(12)8-17-14/h5-7,9,13-15H,8H2,1-4H3. The highest BCUT2D eigenvalue weighted by Gasteiger charge is 2.31. The van der Waals surface area contributed by atoms with Crippen LogP contribution in [0.15, 0.2) is 23.1 Å². The van der Waals surface area contributed by atoms with Crippen molar-refractivity contribution in [3.63, 3.8) is 0 Å². The summed E-state index contributed by atoms with van der Waals surface area (Å²) >= 11 is 3.92. The fourth-order valence-corrected chi connectivity index (χ4v) is 4.42. The molecule has 1 N–H and O–H groups in total. The molecule has 3 heteroatoms. The average molecular weight is 267 g/mol. The highest BCUT2D eigenvalue weighted by atomic mass is 32.2. The Morgan fingerprint density at radius 3 is 2.76 bits per heavy atom. The third-order valence-electron chi connectivity index (χ3n) is 3.42. The Balaban J connectivity index is 2.38.